The molecule has 0 bridgehead atoms. The van der Waals surface area contributed by atoms with Gasteiger partial charge in [-0.3, -0.25) is 4.57 Å². The largest absolute Gasteiger partial charge is 0.387 e. The topological polar surface area (TPSA) is 47.4 Å². The third-order valence-electron chi connectivity index (χ3n) is 4.07. The minimum Gasteiger partial charge on any atom is -0.387 e. The number of hydrogen-bond acceptors (Lipinski definition) is 3. The quantitative estimate of drug-likeness (QED) is 0.821. The summed E-state index contributed by atoms with van der Waals surface area (Å²) in [6.07, 6.45) is 3.56. The lowest BCUT2D eigenvalue weighted by molar-refractivity contribution is -0.931. The van der Waals surface area contributed by atoms with E-state index in [0.717, 1.165) is 38.3 Å². The second-order valence-corrected chi connectivity index (χ2v) is 6.09. The molecule has 0 aliphatic carbocycles. The Morgan fingerprint density at radius 1 is 1.43 bits per heavy atom. The Hall–Kier alpha value is -1.50. The lowest BCUT2D eigenvalue weighted by atomic mass is 10.1. The third kappa shape index (κ3) is 3.07. The van der Waals surface area contributed by atoms with E-state index in [0.29, 0.717) is 4.77 Å². The number of nitrogens with zero attached hydrogens (tertiary/aromatic N) is 3. The minimum absolute atomic E-state index is 0.193. The van der Waals surface area contributed by atoms with E-state index in [1.807, 2.05) is 21.4 Å². The van der Waals surface area contributed by atoms with E-state index in [9.17, 15) is 5.11 Å². The summed E-state index contributed by atoms with van der Waals surface area (Å²) >= 11 is 5.55. The molecule has 5 nitrogen and oxygen atoms in total. The number of aliphatic hydroxyl groups excluding tert-OH is 1. The Morgan fingerprint density at radius 3 is 3.00 bits per heavy atom. The maximum atomic E-state index is 9.76. The third-order valence-corrected chi connectivity index (χ3v) is 4.48. The van der Waals surface area contributed by atoms with Crippen LogP contribution >= 0.6 is 12.2 Å². The van der Waals surface area contributed by atoms with Crippen molar-refractivity contribution in [1.82, 2.24) is 14.3 Å². The van der Waals surface area contributed by atoms with Crippen LogP contribution in [0.4, 0.5) is 0 Å². The Kier molecular flexibility index (Phi) is 4.19. The van der Waals surface area contributed by atoms with E-state index < -0.39 is 0 Å². The van der Waals surface area contributed by atoms with Gasteiger partial charge in [0.25, 0.3) is 0 Å². The molecule has 2 N–H and O–H groups in total. The van der Waals surface area contributed by atoms with E-state index >= 15 is 0 Å². The van der Waals surface area contributed by atoms with Gasteiger partial charge in [-0.15, -0.1) is 0 Å². The molecule has 6 heteroatoms. The molecule has 1 aromatic carbocycles. The summed E-state index contributed by atoms with van der Waals surface area (Å²) in [6.45, 7) is 4.63. The van der Waals surface area contributed by atoms with Gasteiger partial charge in [0.2, 0.25) is 4.77 Å². The van der Waals surface area contributed by atoms with Crippen molar-refractivity contribution in [2.45, 2.75) is 32.5 Å². The molecule has 3 rings (SSSR count). The molecule has 2 aromatic rings. The van der Waals surface area contributed by atoms with Crippen LogP contribution in [0.3, 0.4) is 0 Å². The number of benzene rings is 1. The number of likely N-dealkylation sites (tertiary alicyclic amines) is 1. The number of piperidine rings is 1. The summed E-state index contributed by atoms with van der Waals surface area (Å²) < 4.78 is 4.51. The van der Waals surface area contributed by atoms with Crippen LogP contribution in [-0.2, 0) is 6.67 Å². The molecule has 1 unspecified atom stereocenters. The van der Waals surface area contributed by atoms with Crippen LogP contribution in [-0.4, -0.2) is 38.6 Å². The Labute approximate surface area is 129 Å². The molecule has 1 saturated heterocycles. The highest BCUT2D eigenvalue weighted by Gasteiger charge is 2.21. The normalized spacial score (nSPS) is 22.4. The maximum absolute atomic E-state index is 9.76. The number of para-hydroxylation sites is 1. The van der Waals surface area contributed by atoms with Crippen molar-refractivity contribution < 1.29 is 10.0 Å². The highest BCUT2D eigenvalue weighted by Crippen LogP contribution is 2.13. The number of aryl methyl sites for hydroxylation is 1. The van der Waals surface area contributed by atoms with Gasteiger partial charge < -0.3 is 10.0 Å². The van der Waals surface area contributed by atoms with Gasteiger partial charge in [-0.05, 0) is 43.6 Å². The minimum atomic E-state index is -0.193. The first-order valence-corrected chi connectivity index (χ1v) is 7.78. The predicted molar refractivity (Wildman–Crippen MR) is 83.1 cm³/mol. The van der Waals surface area contributed by atoms with Gasteiger partial charge in [0.1, 0.15) is 19.0 Å². The highest BCUT2D eigenvalue weighted by atomic mass is 32.1. The highest BCUT2D eigenvalue weighted by molar-refractivity contribution is 7.71. The zero-order valence-electron chi connectivity index (χ0n) is 12.2. The lowest BCUT2D eigenvalue weighted by Gasteiger charge is -2.26. The van der Waals surface area contributed by atoms with Crippen molar-refractivity contribution in [3.63, 3.8) is 0 Å². The SMILES string of the molecule is Cc1ccccc1-n1cnn(C[NH+]2CCC[C@H](O)C2)c1=S. The number of rotatable bonds is 3. The van der Waals surface area contributed by atoms with Gasteiger partial charge in [-0.25, -0.2) is 0 Å². The monoisotopic (exact) mass is 305 g/mol. The number of hydrogen-bond donors (Lipinski definition) is 2. The van der Waals surface area contributed by atoms with E-state index in [4.69, 9.17) is 12.2 Å². The summed E-state index contributed by atoms with van der Waals surface area (Å²) in [5.74, 6) is 0. The number of quaternary nitrogens is 1. The molecule has 21 heavy (non-hydrogen) atoms. The maximum Gasteiger partial charge on any atom is 0.207 e. The fraction of sp³-hybridized carbons (Fsp3) is 0.467. The first-order chi connectivity index (χ1) is 10.1. The molecular weight excluding hydrogens is 284 g/mol. The first-order valence-electron chi connectivity index (χ1n) is 7.37. The van der Waals surface area contributed by atoms with Crippen molar-refractivity contribution in [3.05, 3.63) is 40.9 Å². The van der Waals surface area contributed by atoms with Gasteiger partial charge >= 0.3 is 0 Å². The lowest BCUT2D eigenvalue weighted by Crippen LogP contribution is -3.13. The summed E-state index contributed by atoms with van der Waals surface area (Å²) in [6, 6.07) is 8.15. The molecule has 1 fully saturated rings. The fourth-order valence-corrected chi connectivity index (χ4v) is 3.18. The molecule has 1 aromatic heterocycles. The van der Waals surface area contributed by atoms with E-state index in [1.165, 1.54) is 10.5 Å². The van der Waals surface area contributed by atoms with Crippen LogP contribution in [0.1, 0.15) is 18.4 Å². The Morgan fingerprint density at radius 2 is 2.24 bits per heavy atom. The summed E-state index contributed by atoms with van der Waals surface area (Å²) in [4.78, 5) is 1.33. The van der Waals surface area contributed by atoms with Crippen molar-refractivity contribution >= 4 is 12.2 Å². The molecule has 0 spiro atoms. The van der Waals surface area contributed by atoms with Gasteiger partial charge in [0.15, 0.2) is 6.67 Å². The van der Waals surface area contributed by atoms with E-state index in [-0.39, 0.29) is 6.10 Å². The number of aliphatic hydroxyl groups is 1. The van der Waals surface area contributed by atoms with Crippen LogP contribution in [0.15, 0.2) is 30.6 Å². The van der Waals surface area contributed by atoms with E-state index in [1.54, 1.807) is 6.33 Å². The van der Waals surface area contributed by atoms with Gasteiger partial charge in [-0.1, -0.05) is 18.2 Å². The smallest absolute Gasteiger partial charge is 0.207 e. The molecule has 0 radical (unpaired) electrons. The average Bonchev–Trinajstić information content (AvgIpc) is 2.81. The Bertz CT molecular complexity index is 678. The number of aromatic nitrogens is 3. The first kappa shape index (κ1) is 14.4. The molecule has 2 atom stereocenters. The van der Waals surface area contributed by atoms with Crippen molar-refractivity contribution in [1.29, 1.82) is 0 Å². The molecule has 1 aliphatic heterocycles. The summed E-state index contributed by atoms with van der Waals surface area (Å²) in [7, 11) is 0. The second kappa shape index (κ2) is 6.09. The van der Waals surface area contributed by atoms with Crippen molar-refractivity contribution in [2.24, 2.45) is 0 Å². The molecule has 0 amide bonds. The molecule has 112 valence electrons. The van der Waals surface area contributed by atoms with Crippen LogP contribution < -0.4 is 4.90 Å². The zero-order valence-corrected chi connectivity index (χ0v) is 13.0. The molecule has 1 aliphatic rings. The zero-order chi connectivity index (χ0) is 14.8. The standard InChI is InChI=1S/C15H20N4OS/c1-12-5-2-3-7-14(12)18-10-16-19(15(18)21)11-17-8-4-6-13(20)9-17/h2-3,5,7,10,13,20H,4,6,8-9,11H2,1H3/p+1/t13-/m0/s1. The van der Waals surface area contributed by atoms with Crippen LogP contribution in [0.25, 0.3) is 5.69 Å². The Balaban J connectivity index is 1.83. The number of nitrogens with one attached hydrogen (secondary N) is 1. The van der Waals surface area contributed by atoms with Crippen LogP contribution in [0.5, 0.6) is 0 Å². The molecule has 0 saturated carbocycles. The van der Waals surface area contributed by atoms with Crippen LogP contribution in [0.2, 0.25) is 0 Å². The van der Waals surface area contributed by atoms with Crippen LogP contribution in [0, 0.1) is 11.7 Å². The predicted octanol–water partition coefficient (Wildman–Crippen LogP) is 0.709. The second-order valence-electron chi connectivity index (χ2n) is 5.73. The van der Waals surface area contributed by atoms with Gasteiger partial charge in [-0.2, -0.15) is 9.78 Å². The summed E-state index contributed by atoms with van der Waals surface area (Å²) in [5, 5.41) is 14.2. The van der Waals surface area contributed by atoms with E-state index in [2.05, 4.69) is 24.2 Å². The average molecular weight is 305 g/mol. The van der Waals surface area contributed by atoms with Gasteiger partial charge in [0, 0.05) is 0 Å². The molecule has 2 heterocycles. The van der Waals surface area contributed by atoms with Gasteiger partial charge in [0.05, 0.1) is 12.2 Å². The van der Waals surface area contributed by atoms with Crippen molar-refractivity contribution in [2.75, 3.05) is 13.1 Å². The summed E-state index contributed by atoms with van der Waals surface area (Å²) in [5.41, 5.74) is 2.25. The van der Waals surface area contributed by atoms with Crippen molar-refractivity contribution in [3.8, 4) is 5.69 Å². The molecular formula is C15H21N4OS+. The fourth-order valence-electron chi connectivity index (χ4n) is 2.92.